The molecule has 8 heteroatoms. The van der Waals surface area contributed by atoms with Gasteiger partial charge >= 0.3 is 12.0 Å². The summed E-state index contributed by atoms with van der Waals surface area (Å²) in [4.78, 5) is 23.8. The van der Waals surface area contributed by atoms with Crippen molar-refractivity contribution in [2.24, 2.45) is 0 Å². The molecular formula is C9H16N2O6. The Morgan fingerprint density at radius 3 is 2.06 bits per heavy atom. The molecule has 2 amide bonds. The zero-order chi connectivity index (χ0) is 13.3. The van der Waals surface area contributed by atoms with Gasteiger partial charge in [-0.25, -0.2) is 9.59 Å². The van der Waals surface area contributed by atoms with Gasteiger partial charge in [0.05, 0.1) is 6.54 Å². The van der Waals surface area contributed by atoms with E-state index in [1.54, 1.807) is 0 Å². The van der Waals surface area contributed by atoms with E-state index in [1.807, 2.05) is 0 Å². The van der Waals surface area contributed by atoms with Crippen LogP contribution in [0.2, 0.25) is 0 Å². The number of rotatable bonds is 7. The molecule has 8 nitrogen and oxygen atoms in total. The molecule has 0 aliphatic rings. The molecule has 3 N–H and O–H groups in total. The third kappa shape index (κ3) is 5.29. The van der Waals surface area contributed by atoms with Crippen molar-refractivity contribution in [1.82, 2.24) is 9.80 Å². The van der Waals surface area contributed by atoms with E-state index in [0.717, 1.165) is 11.0 Å². The van der Waals surface area contributed by atoms with E-state index in [2.05, 4.69) is 11.3 Å². The van der Waals surface area contributed by atoms with Crippen LogP contribution in [0.1, 0.15) is 0 Å². The Balaban J connectivity index is 4.18. The largest absolute Gasteiger partial charge is 0.461 e. The van der Waals surface area contributed by atoms with Crippen molar-refractivity contribution >= 4 is 12.0 Å². The minimum Gasteiger partial charge on any atom is -0.461 e. The summed E-state index contributed by atoms with van der Waals surface area (Å²) in [5, 5.41) is 26.4. The summed E-state index contributed by atoms with van der Waals surface area (Å²) in [7, 11) is 0. The highest BCUT2D eigenvalue weighted by Gasteiger charge is 2.18. The van der Waals surface area contributed by atoms with Gasteiger partial charge in [0.1, 0.15) is 26.8 Å². The Kier molecular flexibility index (Phi) is 7.68. The number of hydrogen-bond acceptors (Lipinski definition) is 6. The Hall–Kier alpha value is -1.64. The molecule has 0 aromatic carbocycles. The average molecular weight is 248 g/mol. The van der Waals surface area contributed by atoms with Gasteiger partial charge in [-0.3, -0.25) is 9.80 Å². The number of aliphatic hydroxyl groups excluding tert-OH is 3. The number of hydrogen-bond donors (Lipinski definition) is 3. The molecule has 0 bridgehead atoms. The van der Waals surface area contributed by atoms with Gasteiger partial charge in [0.2, 0.25) is 0 Å². The summed E-state index contributed by atoms with van der Waals surface area (Å²) >= 11 is 0. The number of urea groups is 1. The molecule has 0 spiro atoms. The van der Waals surface area contributed by atoms with E-state index in [4.69, 9.17) is 15.3 Å². The molecule has 0 saturated carbocycles. The molecule has 0 fully saturated rings. The molecule has 0 aromatic heterocycles. The lowest BCUT2D eigenvalue weighted by Crippen LogP contribution is -2.45. The van der Waals surface area contributed by atoms with E-state index in [9.17, 15) is 9.59 Å². The Labute approximate surface area is 98.3 Å². The third-order valence-corrected chi connectivity index (χ3v) is 1.83. The first-order chi connectivity index (χ1) is 8.10. The quantitative estimate of drug-likeness (QED) is 0.281. The smallest absolute Gasteiger partial charge is 0.330 e. The van der Waals surface area contributed by atoms with Gasteiger partial charge in [-0.15, -0.1) is 0 Å². The molecule has 0 aliphatic carbocycles. The summed E-state index contributed by atoms with van der Waals surface area (Å²) in [5.74, 6) is -0.642. The number of aliphatic hydroxyl groups is 3. The van der Waals surface area contributed by atoms with Crippen molar-refractivity contribution in [2.45, 2.75) is 0 Å². The van der Waals surface area contributed by atoms with Crippen molar-refractivity contribution in [3.63, 3.8) is 0 Å². The highest BCUT2D eigenvalue weighted by atomic mass is 16.5. The van der Waals surface area contributed by atoms with Gasteiger partial charge in [0.25, 0.3) is 0 Å². The molecule has 0 rings (SSSR count). The van der Waals surface area contributed by atoms with Crippen molar-refractivity contribution in [3.8, 4) is 0 Å². The molecule has 0 heterocycles. The van der Waals surface area contributed by atoms with Gasteiger partial charge in [0, 0.05) is 6.08 Å². The molecule has 0 saturated heterocycles. The zero-order valence-electron chi connectivity index (χ0n) is 9.28. The lowest BCUT2D eigenvalue weighted by molar-refractivity contribution is -0.138. The van der Waals surface area contributed by atoms with E-state index >= 15 is 0 Å². The van der Waals surface area contributed by atoms with Crippen molar-refractivity contribution in [1.29, 1.82) is 0 Å². The van der Waals surface area contributed by atoms with Gasteiger partial charge in [0.15, 0.2) is 0 Å². The lowest BCUT2D eigenvalue weighted by atomic mass is 10.5. The standard InChI is InChI=1S/C9H16N2O6/c1-2-8(15)17-4-3-10(5-12)9(16)11(6-13)7-14/h2,12-14H,1,3-7H2. The average Bonchev–Trinajstić information content (AvgIpc) is 2.35. The second kappa shape index (κ2) is 8.50. The van der Waals surface area contributed by atoms with Crippen LogP contribution in [-0.2, 0) is 9.53 Å². The van der Waals surface area contributed by atoms with Gasteiger partial charge in [-0.1, -0.05) is 6.58 Å². The van der Waals surface area contributed by atoms with Crippen molar-refractivity contribution < 1.29 is 29.6 Å². The fraction of sp³-hybridized carbons (Fsp3) is 0.556. The molecule has 17 heavy (non-hydrogen) atoms. The monoisotopic (exact) mass is 248 g/mol. The molecule has 0 unspecified atom stereocenters. The maximum absolute atomic E-state index is 11.5. The topological polar surface area (TPSA) is 111 Å². The summed E-state index contributed by atoms with van der Waals surface area (Å²) < 4.78 is 4.62. The van der Waals surface area contributed by atoms with Crippen LogP contribution in [0.25, 0.3) is 0 Å². The highest BCUT2D eigenvalue weighted by molar-refractivity contribution is 5.81. The normalized spacial score (nSPS) is 9.59. The summed E-state index contributed by atoms with van der Waals surface area (Å²) in [5.41, 5.74) is 0. The predicted octanol–water partition coefficient (Wildman–Crippen LogP) is -1.71. The Morgan fingerprint density at radius 2 is 1.65 bits per heavy atom. The van der Waals surface area contributed by atoms with Crippen LogP contribution in [0.5, 0.6) is 0 Å². The predicted molar refractivity (Wildman–Crippen MR) is 56.4 cm³/mol. The number of ether oxygens (including phenoxy) is 1. The van der Waals surface area contributed by atoms with Crippen LogP contribution in [0, 0.1) is 0 Å². The fourth-order valence-electron chi connectivity index (χ4n) is 0.908. The molecule has 0 aromatic rings. The molecule has 0 atom stereocenters. The van der Waals surface area contributed by atoms with Crippen LogP contribution >= 0.6 is 0 Å². The summed E-state index contributed by atoms with van der Waals surface area (Å²) in [6.45, 7) is 1.01. The van der Waals surface area contributed by atoms with Gasteiger partial charge < -0.3 is 20.1 Å². The molecular weight excluding hydrogens is 232 g/mol. The lowest BCUT2D eigenvalue weighted by Gasteiger charge is -2.26. The minimum atomic E-state index is -0.771. The Morgan fingerprint density at radius 1 is 1.12 bits per heavy atom. The molecule has 98 valence electrons. The zero-order valence-corrected chi connectivity index (χ0v) is 9.28. The SMILES string of the molecule is C=CC(=O)OCCN(CO)C(=O)N(CO)CO. The van der Waals surface area contributed by atoms with Crippen LogP contribution in [-0.4, -0.2) is 70.5 Å². The second-order valence-corrected chi connectivity index (χ2v) is 2.88. The first kappa shape index (κ1) is 15.4. The van der Waals surface area contributed by atoms with E-state index in [-0.39, 0.29) is 13.2 Å². The fourth-order valence-corrected chi connectivity index (χ4v) is 0.908. The van der Waals surface area contributed by atoms with Crippen LogP contribution in [0.3, 0.4) is 0 Å². The maximum atomic E-state index is 11.5. The number of esters is 1. The number of nitrogens with zero attached hydrogens (tertiary/aromatic N) is 2. The minimum absolute atomic E-state index is 0.0641. The highest BCUT2D eigenvalue weighted by Crippen LogP contribution is 1.97. The number of carbonyl (C=O) groups excluding carboxylic acids is 2. The summed E-state index contributed by atoms with van der Waals surface area (Å²) in [6.07, 6.45) is 0.971. The first-order valence-electron chi connectivity index (χ1n) is 4.76. The van der Waals surface area contributed by atoms with Gasteiger partial charge in [-0.05, 0) is 0 Å². The second-order valence-electron chi connectivity index (χ2n) is 2.88. The molecule has 0 aliphatic heterocycles. The van der Waals surface area contributed by atoms with Gasteiger partial charge in [-0.2, -0.15) is 0 Å². The Bertz CT molecular complexity index is 266. The summed E-state index contributed by atoms with van der Waals surface area (Å²) in [6, 6.07) is -0.771. The first-order valence-corrected chi connectivity index (χ1v) is 4.76. The van der Waals surface area contributed by atoms with E-state index in [1.165, 1.54) is 0 Å². The number of amides is 2. The third-order valence-electron chi connectivity index (χ3n) is 1.83. The molecule has 0 radical (unpaired) electrons. The number of carbonyl (C=O) groups is 2. The van der Waals surface area contributed by atoms with Crippen molar-refractivity contribution in [3.05, 3.63) is 12.7 Å². The van der Waals surface area contributed by atoms with Crippen LogP contribution < -0.4 is 0 Å². The van der Waals surface area contributed by atoms with Crippen LogP contribution in [0.15, 0.2) is 12.7 Å². The maximum Gasteiger partial charge on any atom is 0.330 e. The van der Waals surface area contributed by atoms with E-state index < -0.39 is 32.2 Å². The van der Waals surface area contributed by atoms with Crippen LogP contribution in [0.4, 0.5) is 4.79 Å². The van der Waals surface area contributed by atoms with Crippen molar-refractivity contribution in [2.75, 3.05) is 33.3 Å². The van der Waals surface area contributed by atoms with E-state index in [0.29, 0.717) is 4.90 Å².